The highest BCUT2D eigenvalue weighted by Crippen LogP contribution is 2.25. The molecule has 118 valence electrons. The van der Waals surface area contributed by atoms with Gasteiger partial charge in [-0.15, -0.1) is 0 Å². The van der Waals surface area contributed by atoms with Crippen molar-refractivity contribution in [2.24, 2.45) is 0 Å². The molecule has 2 heterocycles. The summed E-state index contributed by atoms with van der Waals surface area (Å²) >= 11 is 3.03. The number of carbonyl (C=O) groups excluding carboxylic acids is 1. The van der Waals surface area contributed by atoms with Crippen LogP contribution >= 0.6 is 15.9 Å². The minimum Gasteiger partial charge on any atom is -0.457 e. The summed E-state index contributed by atoms with van der Waals surface area (Å²) < 4.78 is 44.6. The van der Waals surface area contributed by atoms with E-state index in [1.165, 1.54) is 17.2 Å². The molecular formula is C12H15BrF3N3O2. The highest BCUT2D eigenvalue weighted by molar-refractivity contribution is 9.10. The van der Waals surface area contributed by atoms with E-state index < -0.39 is 24.7 Å². The van der Waals surface area contributed by atoms with E-state index in [9.17, 15) is 18.0 Å². The molecule has 2 rings (SSSR count). The van der Waals surface area contributed by atoms with Crippen molar-refractivity contribution in [1.29, 1.82) is 0 Å². The van der Waals surface area contributed by atoms with Crippen molar-refractivity contribution in [3.05, 3.63) is 22.6 Å². The van der Waals surface area contributed by atoms with Crippen LogP contribution in [-0.4, -0.2) is 55.7 Å². The molecule has 1 saturated heterocycles. The van der Waals surface area contributed by atoms with Gasteiger partial charge in [0.25, 0.3) is 5.91 Å². The number of nitrogens with one attached hydrogen (secondary N) is 2. The predicted molar refractivity (Wildman–Crippen MR) is 73.0 cm³/mol. The third-order valence-corrected chi connectivity index (χ3v) is 3.67. The SMILES string of the molecule is O=C(NCC(N1CCNCC1)C(F)(F)F)c1coc(Br)c1. The zero-order chi connectivity index (χ0) is 15.5. The van der Waals surface area contributed by atoms with E-state index in [0.29, 0.717) is 30.8 Å². The lowest BCUT2D eigenvalue weighted by atomic mass is 10.2. The molecule has 5 nitrogen and oxygen atoms in total. The first kappa shape index (κ1) is 16.3. The number of nitrogens with zero attached hydrogens (tertiary/aromatic N) is 1. The number of alkyl halides is 3. The van der Waals surface area contributed by atoms with Crippen LogP contribution < -0.4 is 10.6 Å². The van der Waals surface area contributed by atoms with E-state index in [1.54, 1.807) is 0 Å². The fourth-order valence-electron chi connectivity index (χ4n) is 2.17. The van der Waals surface area contributed by atoms with Gasteiger partial charge in [-0.05, 0) is 15.9 Å². The monoisotopic (exact) mass is 369 g/mol. The van der Waals surface area contributed by atoms with Crippen LogP contribution in [0.3, 0.4) is 0 Å². The highest BCUT2D eigenvalue weighted by atomic mass is 79.9. The Hall–Kier alpha value is -1.06. The molecule has 1 aromatic rings. The van der Waals surface area contributed by atoms with Crippen LogP contribution in [0.4, 0.5) is 13.2 Å². The molecule has 1 amide bonds. The lowest BCUT2D eigenvalue weighted by Crippen LogP contribution is -2.57. The van der Waals surface area contributed by atoms with Gasteiger partial charge in [-0.2, -0.15) is 13.2 Å². The number of piperazine rings is 1. The molecule has 1 aliphatic rings. The number of hydrogen-bond acceptors (Lipinski definition) is 4. The molecule has 0 saturated carbocycles. The van der Waals surface area contributed by atoms with Gasteiger partial charge in [0.05, 0.1) is 5.56 Å². The number of hydrogen-bond donors (Lipinski definition) is 2. The summed E-state index contributed by atoms with van der Waals surface area (Å²) in [5, 5.41) is 5.31. The van der Waals surface area contributed by atoms with Crippen LogP contribution in [0.2, 0.25) is 0 Å². The van der Waals surface area contributed by atoms with Crippen LogP contribution in [0.25, 0.3) is 0 Å². The third-order valence-electron chi connectivity index (χ3n) is 3.26. The zero-order valence-corrected chi connectivity index (χ0v) is 12.6. The molecule has 1 atom stereocenters. The fraction of sp³-hybridized carbons (Fsp3) is 0.583. The smallest absolute Gasteiger partial charge is 0.405 e. The molecule has 0 bridgehead atoms. The normalized spacial score (nSPS) is 18.5. The van der Waals surface area contributed by atoms with E-state index in [4.69, 9.17) is 4.42 Å². The largest absolute Gasteiger partial charge is 0.457 e. The number of amides is 1. The quantitative estimate of drug-likeness (QED) is 0.846. The molecular weight excluding hydrogens is 355 g/mol. The van der Waals surface area contributed by atoms with E-state index in [-0.39, 0.29) is 5.56 Å². The van der Waals surface area contributed by atoms with Gasteiger partial charge in [-0.3, -0.25) is 9.69 Å². The average Bonchev–Trinajstić information content (AvgIpc) is 2.85. The Morgan fingerprint density at radius 3 is 2.67 bits per heavy atom. The summed E-state index contributed by atoms with van der Waals surface area (Å²) in [7, 11) is 0. The minimum absolute atomic E-state index is 0.183. The second kappa shape index (κ2) is 6.80. The molecule has 0 aliphatic carbocycles. The van der Waals surface area contributed by atoms with Gasteiger partial charge < -0.3 is 15.1 Å². The van der Waals surface area contributed by atoms with E-state index in [2.05, 4.69) is 26.6 Å². The summed E-state index contributed by atoms with van der Waals surface area (Å²) in [4.78, 5) is 13.1. The van der Waals surface area contributed by atoms with Gasteiger partial charge in [0.1, 0.15) is 12.3 Å². The van der Waals surface area contributed by atoms with Gasteiger partial charge in [-0.1, -0.05) is 0 Å². The van der Waals surface area contributed by atoms with Gasteiger partial charge >= 0.3 is 6.18 Å². The minimum atomic E-state index is -4.39. The van der Waals surface area contributed by atoms with Crippen molar-refractivity contribution in [3.63, 3.8) is 0 Å². The van der Waals surface area contributed by atoms with Crippen molar-refractivity contribution in [1.82, 2.24) is 15.5 Å². The first-order valence-corrected chi connectivity index (χ1v) is 7.21. The van der Waals surface area contributed by atoms with Gasteiger partial charge in [0.2, 0.25) is 0 Å². The van der Waals surface area contributed by atoms with Gasteiger partial charge in [0.15, 0.2) is 4.67 Å². The van der Waals surface area contributed by atoms with Gasteiger partial charge in [0, 0.05) is 38.8 Å². The van der Waals surface area contributed by atoms with E-state index >= 15 is 0 Å². The predicted octanol–water partition coefficient (Wildman–Crippen LogP) is 1.61. The zero-order valence-electron chi connectivity index (χ0n) is 11.0. The number of furan rings is 1. The van der Waals surface area contributed by atoms with Crippen molar-refractivity contribution < 1.29 is 22.4 Å². The third kappa shape index (κ3) is 4.45. The van der Waals surface area contributed by atoms with Crippen LogP contribution in [0, 0.1) is 0 Å². The van der Waals surface area contributed by atoms with Gasteiger partial charge in [-0.25, -0.2) is 0 Å². The van der Waals surface area contributed by atoms with Crippen LogP contribution in [0.15, 0.2) is 21.4 Å². The Balaban J connectivity index is 1.97. The molecule has 1 fully saturated rings. The summed E-state index contributed by atoms with van der Waals surface area (Å²) in [6.45, 7) is 1.14. The second-order valence-corrected chi connectivity index (χ2v) is 5.47. The number of rotatable bonds is 4. The summed E-state index contributed by atoms with van der Waals surface area (Å²) in [5.74, 6) is -0.589. The molecule has 0 spiro atoms. The Morgan fingerprint density at radius 1 is 1.48 bits per heavy atom. The Labute approximate surface area is 128 Å². The standard InChI is InChI=1S/C12H15BrF3N3O2/c13-10-5-8(7-21-10)11(20)18-6-9(12(14,15)16)19-3-1-17-2-4-19/h5,7,9,17H,1-4,6H2,(H,18,20). The molecule has 2 N–H and O–H groups in total. The Kier molecular flexibility index (Phi) is 5.28. The maximum atomic E-state index is 13.1. The molecule has 9 heteroatoms. The Morgan fingerprint density at radius 2 is 2.14 bits per heavy atom. The summed E-state index contributed by atoms with van der Waals surface area (Å²) in [6.07, 6.45) is -3.20. The average molecular weight is 370 g/mol. The van der Waals surface area contributed by atoms with Crippen molar-refractivity contribution >= 4 is 21.8 Å². The van der Waals surface area contributed by atoms with Crippen molar-refractivity contribution in [3.8, 4) is 0 Å². The molecule has 1 aliphatic heterocycles. The lowest BCUT2D eigenvalue weighted by Gasteiger charge is -2.35. The first-order valence-electron chi connectivity index (χ1n) is 6.41. The maximum Gasteiger partial charge on any atom is 0.405 e. The van der Waals surface area contributed by atoms with Crippen LogP contribution in [-0.2, 0) is 0 Å². The van der Waals surface area contributed by atoms with Crippen molar-refractivity contribution in [2.45, 2.75) is 12.2 Å². The second-order valence-electron chi connectivity index (χ2n) is 4.69. The first-order chi connectivity index (χ1) is 9.88. The Bertz CT molecular complexity index is 486. The number of halogens is 4. The van der Waals surface area contributed by atoms with Crippen molar-refractivity contribution in [2.75, 3.05) is 32.7 Å². The van der Waals surface area contributed by atoms with E-state index in [1.807, 2.05) is 0 Å². The van der Waals surface area contributed by atoms with E-state index in [0.717, 1.165) is 0 Å². The van der Waals surface area contributed by atoms with Crippen LogP contribution in [0.1, 0.15) is 10.4 Å². The molecule has 1 unspecified atom stereocenters. The number of carbonyl (C=O) groups is 1. The van der Waals surface area contributed by atoms with Crippen LogP contribution in [0.5, 0.6) is 0 Å². The summed E-state index contributed by atoms with van der Waals surface area (Å²) in [5.41, 5.74) is 0.183. The summed E-state index contributed by atoms with van der Waals surface area (Å²) in [6, 6.07) is -0.276. The molecule has 0 aromatic carbocycles. The maximum absolute atomic E-state index is 13.1. The molecule has 0 radical (unpaired) electrons. The molecule has 1 aromatic heterocycles. The topological polar surface area (TPSA) is 57.5 Å². The highest BCUT2D eigenvalue weighted by Gasteiger charge is 2.43. The fourth-order valence-corrected chi connectivity index (χ4v) is 2.51. The molecule has 21 heavy (non-hydrogen) atoms. The lowest BCUT2D eigenvalue weighted by molar-refractivity contribution is -0.183.